The number of aromatic nitrogens is 2. The Bertz CT molecular complexity index is 786. The molecule has 1 aliphatic heterocycles. The fourth-order valence-corrected chi connectivity index (χ4v) is 3.18. The SMILES string of the molecule is Cl.Cl.c1ccc(-c2nc3ccccc3n2CCN2CCOCC2)cc1. The molecule has 0 radical (unpaired) electrons. The summed E-state index contributed by atoms with van der Waals surface area (Å²) >= 11 is 0. The van der Waals surface area contributed by atoms with Crippen LogP contribution in [0.15, 0.2) is 54.6 Å². The lowest BCUT2D eigenvalue weighted by atomic mass is 10.2. The van der Waals surface area contributed by atoms with Gasteiger partial charge < -0.3 is 9.30 Å². The predicted octanol–water partition coefficient (Wildman–Crippen LogP) is 3.88. The smallest absolute Gasteiger partial charge is 0.141 e. The zero-order valence-electron chi connectivity index (χ0n) is 14.0. The number of hydrogen-bond donors (Lipinski definition) is 0. The van der Waals surface area contributed by atoms with Gasteiger partial charge in [0.05, 0.1) is 24.2 Å². The Labute approximate surface area is 160 Å². The highest BCUT2D eigenvalue weighted by atomic mass is 35.5. The number of ether oxygens (including phenoxy) is 1. The number of halogens is 2. The Morgan fingerprint density at radius 1 is 0.840 bits per heavy atom. The molecule has 6 heteroatoms. The first-order chi connectivity index (χ1) is 11.4. The molecule has 1 fully saturated rings. The van der Waals surface area contributed by atoms with Crippen LogP contribution in [0.25, 0.3) is 22.4 Å². The van der Waals surface area contributed by atoms with E-state index in [1.807, 2.05) is 6.07 Å². The quantitative estimate of drug-likeness (QED) is 0.688. The highest BCUT2D eigenvalue weighted by Crippen LogP contribution is 2.24. The zero-order valence-corrected chi connectivity index (χ0v) is 15.6. The maximum absolute atomic E-state index is 5.44. The third-order valence-electron chi connectivity index (χ3n) is 4.43. The minimum absolute atomic E-state index is 0. The predicted molar refractivity (Wildman–Crippen MR) is 107 cm³/mol. The maximum Gasteiger partial charge on any atom is 0.141 e. The summed E-state index contributed by atoms with van der Waals surface area (Å²) in [4.78, 5) is 7.33. The minimum atomic E-state index is 0. The maximum atomic E-state index is 5.44. The van der Waals surface area contributed by atoms with E-state index in [0.29, 0.717) is 0 Å². The van der Waals surface area contributed by atoms with Crippen molar-refractivity contribution < 1.29 is 4.74 Å². The van der Waals surface area contributed by atoms with Crippen LogP contribution in [0.1, 0.15) is 0 Å². The Morgan fingerprint density at radius 3 is 2.28 bits per heavy atom. The summed E-state index contributed by atoms with van der Waals surface area (Å²) in [6, 6.07) is 18.8. The lowest BCUT2D eigenvalue weighted by Gasteiger charge is -2.27. The van der Waals surface area contributed by atoms with Crippen LogP contribution in [0.4, 0.5) is 0 Å². The van der Waals surface area contributed by atoms with E-state index in [9.17, 15) is 0 Å². The van der Waals surface area contributed by atoms with Gasteiger partial charge >= 0.3 is 0 Å². The largest absolute Gasteiger partial charge is 0.379 e. The van der Waals surface area contributed by atoms with E-state index in [4.69, 9.17) is 9.72 Å². The molecule has 0 spiro atoms. The molecule has 0 bridgehead atoms. The van der Waals surface area contributed by atoms with Crippen molar-refractivity contribution in [1.82, 2.24) is 14.5 Å². The fraction of sp³-hybridized carbons (Fsp3) is 0.316. The number of benzene rings is 2. The molecular formula is C19H23Cl2N3O. The topological polar surface area (TPSA) is 30.3 Å². The molecule has 0 amide bonds. The Hall–Kier alpha value is -1.59. The number of hydrogen-bond acceptors (Lipinski definition) is 3. The van der Waals surface area contributed by atoms with Crippen LogP contribution in [0, 0.1) is 0 Å². The molecule has 1 aromatic heterocycles. The number of para-hydroxylation sites is 2. The van der Waals surface area contributed by atoms with Crippen LogP contribution < -0.4 is 0 Å². The minimum Gasteiger partial charge on any atom is -0.379 e. The Balaban J connectivity index is 0.00000113. The van der Waals surface area contributed by atoms with E-state index in [0.717, 1.165) is 50.7 Å². The molecule has 0 atom stereocenters. The normalized spacial score (nSPS) is 14.7. The highest BCUT2D eigenvalue weighted by molar-refractivity contribution is 5.85. The molecular weight excluding hydrogens is 357 g/mol. The van der Waals surface area contributed by atoms with Gasteiger partial charge in [-0.1, -0.05) is 42.5 Å². The second-order valence-electron chi connectivity index (χ2n) is 5.90. The van der Waals surface area contributed by atoms with E-state index in [2.05, 4.69) is 58.0 Å². The van der Waals surface area contributed by atoms with Crippen molar-refractivity contribution in [2.24, 2.45) is 0 Å². The van der Waals surface area contributed by atoms with E-state index >= 15 is 0 Å². The first kappa shape index (κ1) is 19.7. The molecule has 4 nitrogen and oxygen atoms in total. The Morgan fingerprint density at radius 2 is 1.52 bits per heavy atom. The van der Waals surface area contributed by atoms with Gasteiger partial charge in [0.2, 0.25) is 0 Å². The number of morpholine rings is 1. The molecule has 4 rings (SSSR count). The van der Waals surface area contributed by atoms with Gasteiger partial charge in [0.15, 0.2) is 0 Å². The third-order valence-corrected chi connectivity index (χ3v) is 4.43. The third kappa shape index (κ3) is 4.33. The summed E-state index contributed by atoms with van der Waals surface area (Å²) < 4.78 is 7.79. The van der Waals surface area contributed by atoms with Crippen molar-refractivity contribution >= 4 is 35.8 Å². The molecule has 2 heterocycles. The van der Waals surface area contributed by atoms with Crippen molar-refractivity contribution in [3.63, 3.8) is 0 Å². The van der Waals surface area contributed by atoms with Crippen LogP contribution in [-0.4, -0.2) is 47.3 Å². The summed E-state index contributed by atoms with van der Waals surface area (Å²) in [6.07, 6.45) is 0. The monoisotopic (exact) mass is 379 g/mol. The fourth-order valence-electron chi connectivity index (χ4n) is 3.18. The van der Waals surface area contributed by atoms with Crippen LogP contribution in [0.2, 0.25) is 0 Å². The lowest BCUT2D eigenvalue weighted by Crippen LogP contribution is -2.38. The Kier molecular flexibility index (Phi) is 7.26. The zero-order chi connectivity index (χ0) is 15.5. The van der Waals surface area contributed by atoms with Crippen LogP contribution >= 0.6 is 24.8 Å². The first-order valence-corrected chi connectivity index (χ1v) is 8.22. The van der Waals surface area contributed by atoms with Crippen molar-refractivity contribution in [3.05, 3.63) is 54.6 Å². The number of imidazole rings is 1. The van der Waals surface area contributed by atoms with Gasteiger partial charge in [-0.05, 0) is 12.1 Å². The van der Waals surface area contributed by atoms with Crippen molar-refractivity contribution in [2.45, 2.75) is 6.54 Å². The molecule has 0 aliphatic carbocycles. The summed E-state index contributed by atoms with van der Waals surface area (Å²) in [5, 5.41) is 0. The van der Waals surface area contributed by atoms with Gasteiger partial charge in [-0.25, -0.2) is 4.98 Å². The molecule has 0 saturated carbocycles. The molecule has 25 heavy (non-hydrogen) atoms. The molecule has 3 aromatic rings. The lowest BCUT2D eigenvalue weighted by molar-refractivity contribution is 0.0366. The van der Waals surface area contributed by atoms with Gasteiger partial charge in [-0.2, -0.15) is 0 Å². The molecule has 1 aliphatic rings. The van der Waals surface area contributed by atoms with Gasteiger partial charge in [-0.15, -0.1) is 24.8 Å². The highest BCUT2D eigenvalue weighted by Gasteiger charge is 2.15. The molecule has 2 aromatic carbocycles. The summed E-state index contributed by atoms with van der Waals surface area (Å²) in [6.45, 7) is 5.71. The molecule has 134 valence electrons. The van der Waals surface area contributed by atoms with E-state index in [1.165, 1.54) is 11.1 Å². The summed E-state index contributed by atoms with van der Waals surface area (Å²) in [7, 11) is 0. The van der Waals surface area contributed by atoms with Gasteiger partial charge in [-0.3, -0.25) is 4.90 Å². The van der Waals surface area contributed by atoms with Crippen LogP contribution in [0.5, 0.6) is 0 Å². The van der Waals surface area contributed by atoms with Gasteiger partial charge in [0, 0.05) is 31.7 Å². The second kappa shape index (κ2) is 9.20. The van der Waals surface area contributed by atoms with Crippen molar-refractivity contribution in [1.29, 1.82) is 0 Å². The average molecular weight is 380 g/mol. The van der Waals surface area contributed by atoms with Gasteiger partial charge in [0.25, 0.3) is 0 Å². The molecule has 0 unspecified atom stereocenters. The summed E-state index contributed by atoms with van der Waals surface area (Å²) in [5.74, 6) is 1.06. The summed E-state index contributed by atoms with van der Waals surface area (Å²) in [5.41, 5.74) is 3.44. The van der Waals surface area contributed by atoms with E-state index in [1.54, 1.807) is 0 Å². The number of fused-ring (bicyclic) bond motifs is 1. The van der Waals surface area contributed by atoms with Gasteiger partial charge in [0.1, 0.15) is 5.82 Å². The van der Waals surface area contributed by atoms with Crippen LogP contribution in [-0.2, 0) is 11.3 Å². The average Bonchev–Trinajstić information content (AvgIpc) is 3.00. The molecule has 0 N–H and O–H groups in total. The van der Waals surface area contributed by atoms with Crippen LogP contribution in [0.3, 0.4) is 0 Å². The van der Waals surface area contributed by atoms with Crippen molar-refractivity contribution in [2.75, 3.05) is 32.8 Å². The molecule has 1 saturated heterocycles. The second-order valence-corrected chi connectivity index (χ2v) is 5.90. The number of nitrogens with zero attached hydrogens (tertiary/aromatic N) is 3. The van der Waals surface area contributed by atoms with Crippen molar-refractivity contribution in [3.8, 4) is 11.4 Å². The first-order valence-electron chi connectivity index (χ1n) is 8.22. The standard InChI is InChI=1S/C19H21N3O.2ClH/c1-2-6-16(7-3-1)19-20-17-8-4-5-9-18(17)22(19)11-10-21-12-14-23-15-13-21;;/h1-9H,10-15H2;2*1H. The van der Waals surface area contributed by atoms with E-state index < -0.39 is 0 Å². The van der Waals surface area contributed by atoms with E-state index in [-0.39, 0.29) is 24.8 Å². The number of rotatable bonds is 4.